The van der Waals surface area contributed by atoms with Crippen molar-refractivity contribution in [1.29, 1.82) is 0 Å². The molecular weight excluding hydrogens is 256 g/mol. The average molecular weight is 274 g/mol. The number of nitrogens with one attached hydrogen (secondary N) is 1. The molecule has 1 unspecified atom stereocenters. The predicted molar refractivity (Wildman–Crippen MR) is 65.2 cm³/mol. The van der Waals surface area contributed by atoms with E-state index in [0.717, 1.165) is 0 Å². The molecule has 2 N–H and O–H groups in total. The lowest BCUT2D eigenvalue weighted by atomic mass is 9.91. The van der Waals surface area contributed by atoms with E-state index >= 15 is 0 Å². The molecule has 1 aliphatic rings. The van der Waals surface area contributed by atoms with Gasteiger partial charge in [0.15, 0.2) is 0 Å². The van der Waals surface area contributed by atoms with E-state index in [-0.39, 0.29) is 12.3 Å². The number of sulfonamides is 1. The molecule has 0 aromatic carbocycles. The van der Waals surface area contributed by atoms with Crippen molar-refractivity contribution < 1.29 is 13.5 Å². The summed E-state index contributed by atoms with van der Waals surface area (Å²) in [6.45, 7) is 2.34. The van der Waals surface area contributed by atoms with E-state index in [4.69, 9.17) is 0 Å². The van der Waals surface area contributed by atoms with Gasteiger partial charge < -0.3 is 5.11 Å². The number of nitrogens with zero attached hydrogens (tertiary/aromatic N) is 3. The quantitative estimate of drug-likeness (QED) is 0.794. The number of hydrogen-bond acceptors (Lipinski definition) is 5. The van der Waals surface area contributed by atoms with Gasteiger partial charge >= 0.3 is 0 Å². The maximum atomic E-state index is 12.0. The maximum absolute atomic E-state index is 12.0. The van der Waals surface area contributed by atoms with Gasteiger partial charge in [-0.3, -0.25) is 0 Å². The summed E-state index contributed by atoms with van der Waals surface area (Å²) in [4.78, 5) is 0. The van der Waals surface area contributed by atoms with Gasteiger partial charge in [-0.05, 0) is 19.3 Å². The predicted octanol–water partition coefficient (Wildman–Crippen LogP) is -0.172. The highest BCUT2D eigenvalue weighted by Crippen LogP contribution is 2.31. The van der Waals surface area contributed by atoms with E-state index in [1.807, 2.05) is 6.92 Å². The number of hydrogen-bond donors (Lipinski definition) is 2. The lowest BCUT2D eigenvalue weighted by Gasteiger charge is -2.37. The van der Waals surface area contributed by atoms with Crippen molar-refractivity contribution in [3.8, 4) is 0 Å². The third-order valence-electron chi connectivity index (χ3n) is 3.18. The van der Waals surface area contributed by atoms with Crippen LogP contribution in [0.4, 0.5) is 0 Å². The molecule has 0 aliphatic carbocycles. The molecule has 2 heterocycles. The van der Waals surface area contributed by atoms with Gasteiger partial charge in [0.1, 0.15) is 11.3 Å². The van der Waals surface area contributed by atoms with Crippen molar-refractivity contribution in [2.75, 3.05) is 18.8 Å². The van der Waals surface area contributed by atoms with Crippen LogP contribution in [0.5, 0.6) is 0 Å². The number of H-pyrrole nitrogens is 1. The minimum atomic E-state index is -3.28. The number of β-amino-alcohol motifs (C(OH)–C–C–N with tert-alkyl or cyclic N) is 1. The Balaban J connectivity index is 2.19. The highest BCUT2D eigenvalue weighted by atomic mass is 32.2. The van der Waals surface area contributed by atoms with Gasteiger partial charge in [-0.2, -0.15) is 19.7 Å². The highest BCUT2D eigenvalue weighted by molar-refractivity contribution is 7.89. The minimum Gasteiger partial charge on any atom is -0.382 e. The fraction of sp³-hybridized carbons (Fsp3) is 0.800. The van der Waals surface area contributed by atoms with Crippen molar-refractivity contribution in [3.05, 3.63) is 11.9 Å². The molecular formula is C10H18N4O3S. The molecule has 0 amide bonds. The lowest BCUT2D eigenvalue weighted by Crippen LogP contribution is -2.49. The van der Waals surface area contributed by atoms with Crippen LogP contribution >= 0.6 is 0 Å². The smallest absolute Gasteiger partial charge is 0.214 e. The minimum absolute atomic E-state index is 0.0574. The lowest BCUT2D eigenvalue weighted by molar-refractivity contribution is -0.0161. The van der Waals surface area contributed by atoms with Crippen LogP contribution in [-0.4, -0.2) is 52.1 Å². The number of piperidine rings is 1. The molecule has 0 bridgehead atoms. The summed E-state index contributed by atoms with van der Waals surface area (Å²) in [5.74, 6) is 0.113. The zero-order valence-electron chi connectivity index (χ0n) is 10.3. The van der Waals surface area contributed by atoms with Crippen molar-refractivity contribution in [3.63, 3.8) is 0 Å². The molecule has 1 aliphatic heterocycles. The van der Waals surface area contributed by atoms with Crippen LogP contribution in [0.25, 0.3) is 0 Å². The Hall–Kier alpha value is -0.990. The Bertz CT molecular complexity index is 487. The first-order valence-electron chi connectivity index (χ1n) is 6.04. The molecule has 2 rings (SSSR count). The zero-order chi connectivity index (χ0) is 13.2. The highest BCUT2D eigenvalue weighted by Gasteiger charge is 2.40. The standard InChI is InChI=1S/C10H18N4O3S/c1-2-6-18(16,17)14-5-3-4-10(15,8-14)9-7-11-13-12-9/h7,15H,2-6,8H2,1H3,(H,11,12,13). The molecule has 0 radical (unpaired) electrons. The summed E-state index contributed by atoms with van der Waals surface area (Å²) in [6.07, 6.45) is 3.13. The van der Waals surface area contributed by atoms with Crippen LogP contribution in [0.15, 0.2) is 6.20 Å². The van der Waals surface area contributed by atoms with E-state index in [2.05, 4.69) is 15.4 Å². The fourth-order valence-electron chi connectivity index (χ4n) is 2.26. The topological polar surface area (TPSA) is 99.2 Å². The Morgan fingerprint density at radius 1 is 1.61 bits per heavy atom. The molecule has 1 saturated heterocycles. The number of aliphatic hydroxyl groups is 1. The second-order valence-electron chi connectivity index (χ2n) is 4.64. The second kappa shape index (κ2) is 4.94. The Morgan fingerprint density at radius 2 is 2.39 bits per heavy atom. The number of aromatic nitrogens is 3. The molecule has 1 atom stereocenters. The molecule has 0 spiro atoms. The van der Waals surface area contributed by atoms with Gasteiger partial charge in [-0.15, -0.1) is 0 Å². The molecule has 7 nitrogen and oxygen atoms in total. The summed E-state index contributed by atoms with van der Waals surface area (Å²) in [5.41, 5.74) is -0.828. The molecule has 102 valence electrons. The van der Waals surface area contributed by atoms with Crippen molar-refractivity contribution in [2.24, 2.45) is 0 Å². The number of rotatable bonds is 4. The largest absolute Gasteiger partial charge is 0.382 e. The van der Waals surface area contributed by atoms with E-state index in [1.165, 1.54) is 10.5 Å². The summed E-state index contributed by atoms with van der Waals surface area (Å²) < 4.78 is 25.4. The van der Waals surface area contributed by atoms with Crippen LogP contribution in [0.2, 0.25) is 0 Å². The zero-order valence-corrected chi connectivity index (χ0v) is 11.2. The summed E-state index contributed by atoms with van der Waals surface area (Å²) >= 11 is 0. The summed E-state index contributed by atoms with van der Waals surface area (Å²) in [6, 6.07) is 0. The first-order valence-corrected chi connectivity index (χ1v) is 7.65. The Labute approximate surface area is 106 Å². The van der Waals surface area contributed by atoms with Crippen LogP contribution in [0, 0.1) is 0 Å². The average Bonchev–Trinajstić information content (AvgIpc) is 2.83. The van der Waals surface area contributed by atoms with Gasteiger partial charge in [-0.25, -0.2) is 8.42 Å². The van der Waals surface area contributed by atoms with E-state index in [1.54, 1.807) is 0 Å². The van der Waals surface area contributed by atoms with E-state index in [9.17, 15) is 13.5 Å². The van der Waals surface area contributed by atoms with Crippen molar-refractivity contribution in [2.45, 2.75) is 31.8 Å². The molecule has 1 aromatic heterocycles. The van der Waals surface area contributed by atoms with Gasteiger partial charge in [-0.1, -0.05) is 6.92 Å². The van der Waals surface area contributed by atoms with Crippen LogP contribution in [-0.2, 0) is 15.6 Å². The van der Waals surface area contributed by atoms with Crippen molar-refractivity contribution in [1.82, 2.24) is 19.7 Å². The van der Waals surface area contributed by atoms with Gasteiger partial charge in [0, 0.05) is 13.1 Å². The van der Waals surface area contributed by atoms with Crippen LogP contribution < -0.4 is 0 Å². The number of aromatic amines is 1. The van der Waals surface area contributed by atoms with Crippen LogP contribution in [0.3, 0.4) is 0 Å². The van der Waals surface area contributed by atoms with Crippen LogP contribution in [0.1, 0.15) is 31.9 Å². The molecule has 18 heavy (non-hydrogen) atoms. The summed E-state index contributed by atoms with van der Waals surface area (Å²) in [7, 11) is -3.28. The van der Waals surface area contributed by atoms with Crippen molar-refractivity contribution >= 4 is 10.0 Å². The molecule has 8 heteroatoms. The monoisotopic (exact) mass is 274 g/mol. The van der Waals surface area contributed by atoms with E-state index in [0.29, 0.717) is 31.5 Å². The Kier molecular flexibility index (Phi) is 3.69. The third-order valence-corrected chi connectivity index (χ3v) is 5.21. The molecule has 0 saturated carbocycles. The fourth-order valence-corrected chi connectivity index (χ4v) is 3.85. The second-order valence-corrected chi connectivity index (χ2v) is 6.73. The first-order chi connectivity index (χ1) is 8.48. The molecule has 1 fully saturated rings. The van der Waals surface area contributed by atoms with Gasteiger partial charge in [0.05, 0.1) is 11.9 Å². The first kappa shape index (κ1) is 13.4. The SMILES string of the molecule is CCCS(=O)(=O)N1CCCC(O)(c2cn[nH]n2)C1. The maximum Gasteiger partial charge on any atom is 0.214 e. The van der Waals surface area contributed by atoms with E-state index < -0.39 is 15.6 Å². The normalized spacial score (nSPS) is 26.3. The van der Waals surface area contributed by atoms with Gasteiger partial charge in [0.2, 0.25) is 10.0 Å². The molecule has 1 aromatic rings. The Morgan fingerprint density at radius 3 is 3.00 bits per heavy atom. The third kappa shape index (κ3) is 2.55. The van der Waals surface area contributed by atoms with Gasteiger partial charge in [0.25, 0.3) is 0 Å². The summed E-state index contributed by atoms with van der Waals surface area (Å²) in [5, 5.41) is 20.5.